The van der Waals surface area contributed by atoms with E-state index >= 15 is 0 Å². The molecule has 0 atom stereocenters. The number of nitrogens with one attached hydrogen (secondary N) is 2. The monoisotopic (exact) mass is 251 g/mol. The van der Waals surface area contributed by atoms with Crippen LogP contribution in [-0.4, -0.2) is 22.6 Å². The Hall–Kier alpha value is -2.24. The number of hydrogen-bond donors (Lipinski definition) is 4. The van der Waals surface area contributed by atoms with Crippen molar-refractivity contribution in [1.82, 2.24) is 0 Å². The molecule has 1 amide bonds. The van der Waals surface area contributed by atoms with Crippen LogP contribution >= 0.6 is 0 Å². The minimum atomic E-state index is -0.659. The molecule has 0 spiro atoms. The molecule has 0 aromatic heterocycles. The van der Waals surface area contributed by atoms with Crippen LogP contribution in [0.5, 0.6) is 5.75 Å². The molecule has 0 saturated heterocycles. The predicted octanol–water partition coefficient (Wildman–Crippen LogP) is 2.02. The topological polar surface area (TPSA) is 108 Å². The maximum atomic E-state index is 11.5. The molecule has 0 saturated carbocycles. The quantitative estimate of drug-likeness (QED) is 0.366. The van der Waals surface area contributed by atoms with Crippen LogP contribution in [0.15, 0.2) is 18.2 Å². The lowest BCUT2D eigenvalue weighted by molar-refractivity contribution is 0.0635. The fraction of sp³-hybridized carbons (Fsp3) is 0.333. The zero-order valence-electron chi connectivity index (χ0n) is 10.6. The molecule has 0 heterocycles. The van der Waals surface area contributed by atoms with E-state index in [1.807, 2.05) is 0 Å². The molecule has 0 aliphatic carbocycles. The molecule has 18 heavy (non-hydrogen) atoms. The number of phenolic OH excluding ortho intramolecular Hbond substituents is 1. The highest BCUT2D eigenvalue weighted by Gasteiger charge is 2.17. The summed E-state index contributed by atoms with van der Waals surface area (Å²) in [5.41, 5.74) is 5.25. The molecule has 5 N–H and O–H groups in total. The number of benzene rings is 1. The van der Waals surface area contributed by atoms with Gasteiger partial charge in [-0.3, -0.25) is 10.7 Å². The van der Waals surface area contributed by atoms with E-state index in [1.165, 1.54) is 18.2 Å². The van der Waals surface area contributed by atoms with Crippen molar-refractivity contribution in [3.05, 3.63) is 23.8 Å². The van der Waals surface area contributed by atoms with Gasteiger partial charge in [-0.2, -0.15) is 0 Å². The Bertz CT molecular complexity index is 478. The third-order valence-corrected chi connectivity index (χ3v) is 1.94. The zero-order chi connectivity index (χ0) is 13.9. The molecule has 0 aliphatic heterocycles. The number of carbonyl (C=O) groups is 1. The second kappa shape index (κ2) is 4.95. The average Bonchev–Trinajstić information content (AvgIpc) is 2.17. The van der Waals surface area contributed by atoms with Crippen LogP contribution in [0.2, 0.25) is 0 Å². The van der Waals surface area contributed by atoms with Crippen LogP contribution in [0.4, 0.5) is 10.5 Å². The van der Waals surface area contributed by atoms with Crippen LogP contribution in [0, 0.1) is 5.41 Å². The Kier molecular flexibility index (Phi) is 3.80. The summed E-state index contributed by atoms with van der Waals surface area (Å²) in [6.07, 6.45) is -0.659. The molecule has 0 radical (unpaired) electrons. The van der Waals surface area contributed by atoms with Gasteiger partial charge in [0.2, 0.25) is 0 Å². The number of phenols is 1. The van der Waals surface area contributed by atoms with Crippen molar-refractivity contribution in [3.63, 3.8) is 0 Å². The van der Waals surface area contributed by atoms with Crippen molar-refractivity contribution in [2.75, 3.05) is 5.32 Å². The number of hydrogen-bond acceptors (Lipinski definition) is 4. The van der Waals surface area contributed by atoms with Crippen molar-refractivity contribution >= 4 is 17.6 Å². The summed E-state index contributed by atoms with van der Waals surface area (Å²) in [5, 5.41) is 19.3. The molecule has 0 unspecified atom stereocenters. The first-order chi connectivity index (χ1) is 8.19. The highest BCUT2D eigenvalue weighted by atomic mass is 16.6. The first-order valence-corrected chi connectivity index (χ1v) is 5.36. The SMILES string of the molecule is CC(C)(C)OC(=O)Nc1ccc(C(=N)N)cc1O. The normalized spacial score (nSPS) is 10.8. The van der Waals surface area contributed by atoms with Gasteiger partial charge in [0.15, 0.2) is 0 Å². The summed E-state index contributed by atoms with van der Waals surface area (Å²) in [6, 6.07) is 4.28. The Morgan fingerprint density at radius 2 is 2.06 bits per heavy atom. The zero-order valence-corrected chi connectivity index (χ0v) is 10.6. The summed E-state index contributed by atoms with van der Waals surface area (Å²) in [6.45, 7) is 5.22. The summed E-state index contributed by atoms with van der Waals surface area (Å²) >= 11 is 0. The summed E-state index contributed by atoms with van der Waals surface area (Å²) < 4.78 is 5.05. The summed E-state index contributed by atoms with van der Waals surface area (Å²) in [4.78, 5) is 11.5. The van der Waals surface area contributed by atoms with E-state index in [0.29, 0.717) is 5.56 Å². The third kappa shape index (κ3) is 3.97. The molecule has 1 rings (SSSR count). The Labute approximate surface area is 105 Å². The molecule has 1 aromatic rings. The molecule has 6 nitrogen and oxygen atoms in total. The van der Waals surface area contributed by atoms with Crippen LogP contribution < -0.4 is 11.1 Å². The molecule has 6 heteroatoms. The number of aromatic hydroxyl groups is 1. The number of rotatable bonds is 2. The minimum Gasteiger partial charge on any atom is -0.506 e. The second-order valence-corrected chi connectivity index (χ2v) is 4.77. The highest BCUT2D eigenvalue weighted by Crippen LogP contribution is 2.24. The molecule has 1 aromatic carbocycles. The van der Waals surface area contributed by atoms with Gasteiger partial charge in [0, 0.05) is 5.56 Å². The lowest BCUT2D eigenvalue weighted by Crippen LogP contribution is -2.27. The van der Waals surface area contributed by atoms with Crippen LogP contribution in [0.1, 0.15) is 26.3 Å². The lowest BCUT2D eigenvalue weighted by Gasteiger charge is -2.20. The summed E-state index contributed by atoms with van der Waals surface area (Å²) in [5.74, 6) is -0.331. The lowest BCUT2D eigenvalue weighted by atomic mass is 10.1. The molecule has 98 valence electrons. The van der Waals surface area contributed by atoms with Crippen molar-refractivity contribution in [1.29, 1.82) is 5.41 Å². The third-order valence-electron chi connectivity index (χ3n) is 1.94. The number of anilines is 1. The highest BCUT2D eigenvalue weighted by molar-refractivity contribution is 5.96. The van der Waals surface area contributed by atoms with E-state index in [1.54, 1.807) is 20.8 Å². The molecular weight excluding hydrogens is 234 g/mol. The van der Waals surface area contributed by atoms with Crippen LogP contribution in [0.25, 0.3) is 0 Å². The standard InChI is InChI=1S/C12H17N3O3/c1-12(2,3)18-11(17)15-8-5-4-7(10(13)14)6-9(8)16/h4-6,16H,1-3H3,(H3,13,14)(H,15,17). The number of amides is 1. The molecular formula is C12H17N3O3. The fourth-order valence-corrected chi connectivity index (χ4v) is 1.22. The smallest absolute Gasteiger partial charge is 0.412 e. The molecule has 0 bridgehead atoms. The number of ether oxygens (including phenoxy) is 1. The van der Waals surface area contributed by atoms with E-state index < -0.39 is 11.7 Å². The van der Waals surface area contributed by atoms with Gasteiger partial charge in [-0.1, -0.05) is 0 Å². The Morgan fingerprint density at radius 1 is 1.44 bits per heavy atom. The maximum Gasteiger partial charge on any atom is 0.412 e. The fourth-order valence-electron chi connectivity index (χ4n) is 1.22. The predicted molar refractivity (Wildman–Crippen MR) is 69.0 cm³/mol. The van der Waals surface area contributed by atoms with Crippen molar-refractivity contribution in [2.45, 2.75) is 26.4 Å². The van der Waals surface area contributed by atoms with E-state index in [2.05, 4.69) is 5.32 Å². The van der Waals surface area contributed by atoms with E-state index in [-0.39, 0.29) is 17.3 Å². The molecule has 0 fully saturated rings. The first kappa shape index (κ1) is 13.8. The van der Waals surface area contributed by atoms with Gasteiger partial charge in [-0.05, 0) is 39.0 Å². The largest absolute Gasteiger partial charge is 0.506 e. The van der Waals surface area contributed by atoms with Gasteiger partial charge in [0.05, 0.1) is 5.69 Å². The van der Waals surface area contributed by atoms with Gasteiger partial charge in [0.25, 0.3) is 0 Å². The van der Waals surface area contributed by atoms with Gasteiger partial charge in [0.1, 0.15) is 17.2 Å². The Balaban J connectivity index is 2.80. The van der Waals surface area contributed by atoms with Gasteiger partial charge >= 0.3 is 6.09 Å². The minimum absolute atomic E-state index is 0.158. The number of nitrogens with two attached hydrogens (primary N) is 1. The first-order valence-electron chi connectivity index (χ1n) is 5.36. The second-order valence-electron chi connectivity index (χ2n) is 4.77. The number of carbonyl (C=O) groups excluding carboxylic acids is 1. The maximum absolute atomic E-state index is 11.5. The average molecular weight is 251 g/mol. The van der Waals surface area contributed by atoms with E-state index in [0.717, 1.165) is 0 Å². The van der Waals surface area contributed by atoms with Crippen molar-refractivity contribution in [2.24, 2.45) is 5.73 Å². The van der Waals surface area contributed by atoms with Gasteiger partial charge in [-0.15, -0.1) is 0 Å². The van der Waals surface area contributed by atoms with Crippen molar-refractivity contribution < 1.29 is 14.6 Å². The van der Waals surface area contributed by atoms with Crippen LogP contribution in [-0.2, 0) is 4.74 Å². The van der Waals surface area contributed by atoms with E-state index in [4.69, 9.17) is 15.9 Å². The Morgan fingerprint density at radius 3 is 2.50 bits per heavy atom. The number of nitrogen functional groups attached to an aromatic ring is 1. The van der Waals surface area contributed by atoms with Crippen LogP contribution in [0.3, 0.4) is 0 Å². The van der Waals surface area contributed by atoms with Crippen molar-refractivity contribution in [3.8, 4) is 5.75 Å². The molecule has 0 aliphatic rings. The number of amidine groups is 1. The van der Waals surface area contributed by atoms with E-state index in [9.17, 15) is 9.90 Å². The summed E-state index contributed by atoms with van der Waals surface area (Å²) in [7, 11) is 0. The van der Waals surface area contributed by atoms with Gasteiger partial charge < -0.3 is 15.6 Å². The van der Waals surface area contributed by atoms with Gasteiger partial charge in [-0.25, -0.2) is 4.79 Å².